The molecular weight excluding hydrogens is 366 g/mol. The Bertz CT molecular complexity index is 812. The number of halogens is 3. The van der Waals surface area contributed by atoms with E-state index in [0.29, 0.717) is 18.8 Å². The van der Waals surface area contributed by atoms with Crippen molar-refractivity contribution in [3.63, 3.8) is 0 Å². The highest BCUT2D eigenvalue weighted by atomic mass is 35.5. The van der Waals surface area contributed by atoms with Crippen LogP contribution in [0.2, 0.25) is 0 Å². The van der Waals surface area contributed by atoms with Gasteiger partial charge in [0, 0.05) is 43.0 Å². The summed E-state index contributed by atoms with van der Waals surface area (Å²) < 4.78 is 29.3. The van der Waals surface area contributed by atoms with Crippen molar-refractivity contribution in [2.45, 2.75) is 32.4 Å². The number of fused-ring (bicyclic) bond motifs is 2. The largest absolute Gasteiger partial charge is 0.435 e. The van der Waals surface area contributed by atoms with Crippen molar-refractivity contribution in [1.82, 2.24) is 15.5 Å². The summed E-state index contributed by atoms with van der Waals surface area (Å²) in [5.41, 5.74) is 3.92. The van der Waals surface area contributed by atoms with E-state index in [1.165, 1.54) is 6.07 Å². The van der Waals surface area contributed by atoms with Gasteiger partial charge in [0.1, 0.15) is 5.75 Å². The number of hydrogen-bond donors (Lipinski definition) is 2. The SMILES string of the molecule is Cl.O=C(c1n[nH]c2c1CNCC2)N1CCCc2cc(OC(F)F)ccc21. The van der Waals surface area contributed by atoms with Gasteiger partial charge in [0.05, 0.1) is 0 Å². The fraction of sp³-hybridized carbons (Fsp3) is 0.412. The highest BCUT2D eigenvalue weighted by Gasteiger charge is 2.29. The minimum atomic E-state index is -2.86. The molecule has 2 aliphatic heterocycles. The lowest BCUT2D eigenvalue weighted by molar-refractivity contribution is -0.0498. The quantitative estimate of drug-likeness (QED) is 0.853. The smallest absolute Gasteiger partial charge is 0.387 e. The van der Waals surface area contributed by atoms with Gasteiger partial charge in [-0.25, -0.2) is 0 Å². The van der Waals surface area contributed by atoms with Crippen LogP contribution in [0.15, 0.2) is 18.2 Å². The second-order valence-corrected chi connectivity index (χ2v) is 6.19. The summed E-state index contributed by atoms with van der Waals surface area (Å²) >= 11 is 0. The summed E-state index contributed by atoms with van der Waals surface area (Å²) in [7, 11) is 0. The number of alkyl halides is 2. The van der Waals surface area contributed by atoms with Gasteiger partial charge in [-0.15, -0.1) is 12.4 Å². The van der Waals surface area contributed by atoms with E-state index in [1.54, 1.807) is 17.0 Å². The maximum Gasteiger partial charge on any atom is 0.387 e. The van der Waals surface area contributed by atoms with Gasteiger partial charge in [0.25, 0.3) is 5.91 Å². The van der Waals surface area contributed by atoms with Gasteiger partial charge in [0.15, 0.2) is 5.69 Å². The number of anilines is 1. The molecule has 2 N–H and O–H groups in total. The average Bonchev–Trinajstić information content (AvgIpc) is 3.04. The van der Waals surface area contributed by atoms with Gasteiger partial charge in [0.2, 0.25) is 0 Å². The fourth-order valence-electron chi connectivity index (χ4n) is 3.49. The lowest BCUT2D eigenvalue weighted by atomic mass is 10.00. The minimum absolute atomic E-state index is 0. The van der Waals surface area contributed by atoms with Crippen LogP contribution in [-0.4, -0.2) is 35.8 Å². The molecule has 3 heterocycles. The maximum absolute atomic E-state index is 13.0. The highest BCUT2D eigenvalue weighted by molar-refractivity contribution is 6.06. The second-order valence-electron chi connectivity index (χ2n) is 6.19. The predicted octanol–water partition coefficient (Wildman–Crippen LogP) is 2.67. The number of nitrogens with zero attached hydrogens (tertiary/aromatic N) is 2. The molecule has 9 heteroatoms. The van der Waals surface area contributed by atoms with E-state index in [1.807, 2.05) is 0 Å². The Morgan fingerprint density at radius 3 is 2.96 bits per heavy atom. The Labute approximate surface area is 155 Å². The molecule has 0 saturated carbocycles. The van der Waals surface area contributed by atoms with E-state index in [0.717, 1.165) is 48.3 Å². The van der Waals surface area contributed by atoms with E-state index in [4.69, 9.17) is 0 Å². The third-order valence-corrected chi connectivity index (χ3v) is 4.65. The van der Waals surface area contributed by atoms with E-state index < -0.39 is 6.61 Å². The Hall–Kier alpha value is -2.19. The number of benzene rings is 1. The molecule has 1 amide bonds. The zero-order valence-electron chi connectivity index (χ0n) is 13.9. The van der Waals surface area contributed by atoms with Crippen molar-refractivity contribution < 1.29 is 18.3 Å². The first-order chi connectivity index (χ1) is 12.1. The number of hydrogen-bond acceptors (Lipinski definition) is 4. The third kappa shape index (κ3) is 3.39. The van der Waals surface area contributed by atoms with Crippen molar-refractivity contribution in [3.05, 3.63) is 40.7 Å². The predicted molar refractivity (Wildman–Crippen MR) is 94.3 cm³/mol. The average molecular weight is 385 g/mol. The van der Waals surface area contributed by atoms with Crippen molar-refractivity contribution in [3.8, 4) is 5.75 Å². The van der Waals surface area contributed by atoms with Gasteiger partial charge < -0.3 is 15.0 Å². The Balaban J connectivity index is 0.00000196. The summed E-state index contributed by atoms with van der Waals surface area (Å²) in [5, 5.41) is 10.4. The molecule has 0 unspecified atom stereocenters. The Kier molecular flexibility index (Phi) is 5.43. The number of aromatic nitrogens is 2. The molecule has 4 rings (SSSR count). The molecule has 140 valence electrons. The van der Waals surface area contributed by atoms with Crippen molar-refractivity contribution in [2.75, 3.05) is 18.0 Å². The zero-order chi connectivity index (χ0) is 17.4. The fourth-order valence-corrected chi connectivity index (χ4v) is 3.49. The van der Waals surface area contributed by atoms with Crippen LogP contribution in [0.25, 0.3) is 0 Å². The number of rotatable bonds is 3. The molecule has 0 radical (unpaired) electrons. The lowest BCUT2D eigenvalue weighted by Gasteiger charge is -2.29. The van der Waals surface area contributed by atoms with Crippen LogP contribution in [0, 0.1) is 0 Å². The number of aromatic amines is 1. The van der Waals surface area contributed by atoms with Crippen LogP contribution >= 0.6 is 12.4 Å². The first kappa shape index (κ1) is 18.6. The number of amides is 1. The Morgan fingerprint density at radius 1 is 1.31 bits per heavy atom. The monoisotopic (exact) mass is 384 g/mol. The van der Waals surface area contributed by atoms with Crippen molar-refractivity contribution in [1.29, 1.82) is 0 Å². The number of H-pyrrole nitrogens is 1. The first-order valence-electron chi connectivity index (χ1n) is 8.30. The Morgan fingerprint density at radius 2 is 2.15 bits per heavy atom. The molecule has 2 aromatic rings. The van der Waals surface area contributed by atoms with Crippen LogP contribution in [0.1, 0.15) is 33.7 Å². The van der Waals surface area contributed by atoms with E-state index in [9.17, 15) is 13.6 Å². The van der Waals surface area contributed by atoms with Crippen LogP contribution in [0.5, 0.6) is 5.75 Å². The number of ether oxygens (including phenoxy) is 1. The van der Waals surface area contributed by atoms with Gasteiger partial charge in [-0.1, -0.05) is 0 Å². The molecule has 6 nitrogen and oxygen atoms in total. The minimum Gasteiger partial charge on any atom is -0.435 e. The van der Waals surface area contributed by atoms with Crippen molar-refractivity contribution in [2.24, 2.45) is 0 Å². The van der Waals surface area contributed by atoms with Crippen molar-refractivity contribution >= 4 is 24.0 Å². The van der Waals surface area contributed by atoms with Gasteiger partial charge in [-0.05, 0) is 36.6 Å². The molecule has 0 saturated heterocycles. The summed E-state index contributed by atoms with van der Waals surface area (Å²) in [5.74, 6) is -0.0472. The topological polar surface area (TPSA) is 70.2 Å². The zero-order valence-corrected chi connectivity index (χ0v) is 14.7. The molecule has 0 aliphatic carbocycles. The van der Waals surface area contributed by atoms with E-state index in [2.05, 4.69) is 20.3 Å². The molecule has 2 aliphatic rings. The van der Waals surface area contributed by atoms with Gasteiger partial charge in [-0.2, -0.15) is 13.9 Å². The molecule has 1 aromatic carbocycles. The molecule has 26 heavy (non-hydrogen) atoms. The van der Waals surface area contributed by atoms with Gasteiger partial charge in [-0.3, -0.25) is 9.89 Å². The second kappa shape index (κ2) is 7.59. The summed E-state index contributed by atoms with van der Waals surface area (Å²) in [4.78, 5) is 14.7. The normalized spacial score (nSPS) is 15.9. The molecule has 0 atom stereocenters. The third-order valence-electron chi connectivity index (χ3n) is 4.65. The number of nitrogens with one attached hydrogen (secondary N) is 2. The van der Waals surface area contributed by atoms with Gasteiger partial charge >= 0.3 is 6.61 Å². The van der Waals surface area contributed by atoms with Crippen LogP contribution in [0.3, 0.4) is 0 Å². The van der Waals surface area contributed by atoms with E-state index >= 15 is 0 Å². The molecule has 0 spiro atoms. The number of carbonyl (C=O) groups is 1. The molecular formula is C17H19ClF2N4O2. The summed E-state index contributed by atoms with van der Waals surface area (Å²) in [6.45, 7) is -0.796. The standard InChI is InChI=1S/C17H18F2N4O2.ClH/c18-17(19)25-11-3-4-14-10(8-11)2-1-7-23(14)16(24)15-12-9-20-6-5-13(12)21-22-15;/h3-4,8,17,20H,1-2,5-7,9H2,(H,21,22);1H. The highest BCUT2D eigenvalue weighted by Crippen LogP contribution is 2.32. The van der Waals surface area contributed by atoms with Crippen LogP contribution < -0.4 is 15.0 Å². The van der Waals surface area contributed by atoms with Crippen LogP contribution in [-0.2, 0) is 19.4 Å². The molecule has 0 bridgehead atoms. The summed E-state index contributed by atoms with van der Waals surface area (Å²) in [6.07, 6.45) is 2.31. The van der Waals surface area contributed by atoms with E-state index in [-0.39, 0.29) is 24.1 Å². The molecule has 1 aromatic heterocycles. The maximum atomic E-state index is 13.0. The number of carbonyl (C=O) groups excluding carboxylic acids is 1. The van der Waals surface area contributed by atoms with Crippen LogP contribution in [0.4, 0.5) is 14.5 Å². The lowest BCUT2D eigenvalue weighted by Crippen LogP contribution is -2.37. The summed E-state index contributed by atoms with van der Waals surface area (Å²) in [6, 6.07) is 4.72. The first-order valence-corrected chi connectivity index (χ1v) is 8.30. The molecule has 0 fully saturated rings. The number of aryl methyl sites for hydroxylation is 1.